The average Bonchev–Trinajstić information content (AvgIpc) is 3.39. The quantitative estimate of drug-likeness (QED) is 0.741. The van der Waals surface area contributed by atoms with E-state index in [9.17, 15) is 9.90 Å². The molecule has 1 aromatic carbocycles. The van der Waals surface area contributed by atoms with E-state index in [2.05, 4.69) is 34.9 Å². The van der Waals surface area contributed by atoms with Gasteiger partial charge in [0.2, 0.25) is 0 Å². The maximum Gasteiger partial charge on any atom is 0.314 e. The zero-order chi connectivity index (χ0) is 14.0. The molecule has 20 heavy (non-hydrogen) atoms. The summed E-state index contributed by atoms with van der Waals surface area (Å²) in [7, 11) is 0. The normalized spacial score (nSPS) is 25.9. The van der Waals surface area contributed by atoms with Crippen LogP contribution in [0.4, 0.5) is 4.79 Å². The van der Waals surface area contributed by atoms with Crippen molar-refractivity contribution >= 4 is 6.03 Å². The highest BCUT2D eigenvalue weighted by atomic mass is 16.3. The molecule has 4 nitrogen and oxygen atoms in total. The number of carbonyl (C=O) groups is 1. The predicted molar refractivity (Wildman–Crippen MR) is 77.4 cm³/mol. The van der Waals surface area contributed by atoms with Crippen LogP contribution in [0.3, 0.4) is 0 Å². The molecular formula is C16H22N2O2. The molecule has 2 aliphatic rings. The Kier molecular flexibility index (Phi) is 3.66. The largest absolute Gasteiger partial charge is 0.396 e. The van der Waals surface area contributed by atoms with Crippen LogP contribution >= 0.6 is 0 Å². The van der Waals surface area contributed by atoms with E-state index in [0.29, 0.717) is 18.4 Å². The molecule has 0 saturated heterocycles. The van der Waals surface area contributed by atoms with Crippen LogP contribution in [0.2, 0.25) is 0 Å². The molecule has 0 aliphatic heterocycles. The van der Waals surface area contributed by atoms with Crippen LogP contribution in [0.25, 0.3) is 0 Å². The smallest absolute Gasteiger partial charge is 0.314 e. The number of carbonyl (C=O) groups excluding carboxylic acids is 1. The van der Waals surface area contributed by atoms with Crippen molar-refractivity contribution in [3.05, 3.63) is 35.9 Å². The second-order valence-corrected chi connectivity index (χ2v) is 6.23. The van der Waals surface area contributed by atoms with Gasteiger partial charge in [0, 0.05) is 18.5 Å². The molecule has 108 valence electrons. The summed E-state index contributed by atoms with van der Waals surface area (Å²) in [4.78, 5) is 11.7. The molecule has 2 saturated carbocycles. The Morgan fingerprint density at radius 1 is 1.25 bits per heavy atom. The third kappa shape index (κ3) is 3.12. The predicted octanol–water partition coefficient (Wildman–Crippen LogP) is 1.86. The minimum Gasteiger partial charge on any atom is -0.396 e. The van der Waals surface area contributed by atoms with Crippen molar-refractivity contribution in [3.8, 4) is 0 Å². The summed E-state index contributed by atoms with van der Waals surface area (Å²) in [6.07, 6.45) is 3.19. The second kappa shape index (κ2) is 5.44. The molecule has 0 spiro atoms. The summed E-state index contributed by atoms with van der Waals surface area (Å²) < 4.78 is 0. The molecule has 4 heteroatoms. The van der Waals surface area contributed by atoms with Gasteiger partial charge in [0.1, 0.15) is 0 Å². The zero-order valence-electron chi connectivity index (χ0n) is 11.6. The maximum absolute atomic E-state index is 11.7. The molecule has 1 aromatic rings. The maximum atomic E-state index is 11.7. The highest BCUT2D eigenvalue weighted by Crippen LogP contribution is 2.47. The third-order valence-electron chi connectivity index (χ3n) is 4.59. The van der Waals surface area contributed by atoms with E-state index < -0.39 is 0 Å². The number of hydrogen-bond donors (Lipinski definition) is 3. The second-order valence-electron chi connectivity index (χ2n) is 6.23. The first-order valence-corrected chi connectivity index (χ1v) is 7.40. The number of nitrogens with one attached hydrogen (secondary N) is 2. The highest BCUT2D eigenvalue weighted by Gasteiger charge is 2.42. The van der Waals surface area contributed by atoms with Crippen LogP contribution in [0.5, 0.6) is 0 Å². The lowest BCUT2D eigenvalue weighted by Gasteiger charge is -2.13. The van der Waals surface area contributed by atoms with Crippen LogP contribution in [0.1, 0.15) is 30.7 Å². The highest BCUT2D eigenvalue weighted by molar-refractivity contribution is 5.74. The molecule has 0 heterocycles. The van der Waals surface area contributed by atoms with Gasteiger partial charge in [-0.15, -0.1) is 0 Å². The van der Waals surface area contributed by atoms with Crippen molar-refractivity contribution in [2.75, 3.05) is 19.7 Å². The van der Waals surface area contributed by atoms with Gasteiger partial charge in [0.25, 0.3) is 0 Å². The Morgan fingerprint density at radius 3 is 2.65 bits per heavy atom. The van der Waals surface area contributed by atoms with Gasteiger partial charge in [-0.25, -0.2) is 4.79 Å². The molecule has 0 radical (unpaired) electrons. The molecule has 0 bridgehead atoms. The number of urea groups is 1. The van der Waals surface area contributed by atoms with E-state index in [-0.39, 0.29) is 18.1 Å². The minimum absolute atomic E-state index is 0.0243. The van der Waals surface area contributed by atoms with Gasteiger partial charge in [-0.1, -0.05) is 30.3 Å². The Morgan fingerprint density at radius 2 is 2.00 bits per heavy atom. The van der Waals surface area contributed by atoms with Gasteiger partial charge in [-0.2, -0.15) is 0 Å². The lowest BCUT2D eigenvalue weighted by atomic mass is 10.1. The number of hydrogen-bond acceptors (Lipinski definition) is 2. The van der Waals surface area contributed by atoms with Crippen molar-refractivity contribution in [3.63, 3.8) is 0 Å². The first-order valence-electron chi connectivity index (χ1n) is 7.40. The van der Waals surface area contributed by atoms with Crippen LogP contribution in [0, 0.1) is 11.3 Å². The molecule has 2 unspecified atom stereocenters. The third-order valence-corrected chi connectivity index (χ3v) is 4.59. The zero-order valence-corrected chi connectivity index (χ0v) is 11.6. The molecule has 2 fully saturated rings. The number of benzene rings is 1. The fourth-order valence-electron chi connectivity index (χ4n) is 2.70. The summed E-state index contributed by atoms with van der Waals surface area (Å²) >= 11 is 0. The van der Waals surface area contributed by atoms with Gasteiger partial charge < -0.3 is 15.7 Å². The van der Waals surface area contributed by atoms with Crippen LogP contribution in [-0.4, -0.2) is 30.8 Å². The van der Waals surface area contributed by atoms with E-state index in [0.717, 1.165) is 25.8 Å². The lowest BCUT2D eigenvalue weighted by molar-refractivity contribution is 0.203. The Labute approximate surface area is 119 Å². The van der Waals surface area contributed by atoms with Crippen LogP contribution in [0.15, 0.2) is 30.3 Å². The minimum atomic E-state index is -0.108. The number of aliphatic hydroxyl groups is 1. The standard InChI is InChI=1S/C16H22N2O2/c19-11-16(6-7-16)10-18-15(20)17-9-13-8-14(13)12-4-2-1-3-5-12/h1-5,13-14,19H,6-11H2,(H2,17,18,20). The Balaban J connectivity index is 1.35. The first-order chi connectivity index (χ1) is 9.72. The molecule has 3 N–H and O–H groups in total. The van der Waals surface area contributed by atoms with Gasteiger partial charge in [0.15, 0.2) is 0 Å². The van der Waals surface area contributed by atoms with E-state index in [1.165, 1.54) is 5.56 Å². The fourth-order valence-corrected chi connectivity index (χ4v) is 2.70. The molecule has 2 aliphatic carbocycles. The number of amides is 2. The summed E-state index contributed by atoms with van der Waals surface area (Å²) in [5, 5.41) is 15.0. The van der Waals surface area contributed by atoms with Crippen molar-refractivity contribution in [2.45, 2.75) is 25.2 Å². The van der Waals surface area contributed by atoms with Gasteiger partial charge in [-0.3, -0.25) is 0 Å². The van der Waals surface area contributed by atoms with E-state index in [1.54, 1.807) is 0 Å². The SMILES string of the molecule is O=C(NCC1CC1c1ccccc1)NCC1(CO)CC1. The molecule has 2 amide bonds. The molecule has 2 atom stereocenters. The molecular weight excluding hydrogens is 252 g/mol. The summed E-state index contributed by atoms with van der Waals surface area (Å²) in [5.74, 6) is 1.17. The molecule has 3 rings (SSSR count). The van der Waals surface area contributed by atoms with E-state index in [1.807, 2.05) is 6.07 Å². The van der Waals surface area contributed by atoms with Crippen LogP contribution in [-0.2, 0) is 0 Å². The first kappa shape index (κ1) is 13.4. The Hall–Kier alpha value is -1.55. The summed E-state index contributed by atoms with van der Waals surface area (Å²) in [5.41, 5.74) is 1.35. The van der Waals surface area contributed by atoms with Crippen LogP contribution < -0.4 is 10.6 Å². The topological polar surface area (TPSA) is 61.4 Å². The van der Waals surface area contributed by atoms with Gasteiger partial charge in [-0.05, 0) is 36.7 Å². The van der Waals surface area contributed by atoms with Gasteiger partial charge in [0.05, 0.1) is 6.61 Å². The Bertz CT molecular complexity index is 471. The van der Waals surface area contributed by atoms with E-state index in [4.69, 9.17) is 0 Å². The van der Waals surface area contributed by atoms with E-state index >= 15 is 0 Å². The van der Waals surface area contributed by atoms with Crippen molar-refractivity contribution in [1.29, 1.82) is 0 Å². The molecule has 0 aromatic heterocycles. The lowest BCUT2D eigenvalue weighted by Crippen LogP contribution is -2.40. The van der Waals surface area contributed by atoms with Crippen molar-refractivity contribution in [1.82, 2.24) is 10.6 Å². The summed E-state index contributed by atoms with van der Waals surface area (Å²) in [6, 6.07) is 10.4. The number of aliphatic hydroxyl groups excluding tert-OH is 1. The monoisotopic (exact) mass is 274 g/mol. The fraction of sp³-hybridized carbons (Fsp3) is 0.562. The number of rotatable bonds is 6. The summed E-state index contributed by atoms with van der Waals surface area (Å²) in [6.45, 7) is 1.49. The van der Waals surface area contributed by atoms with Crippen molar-refractivity contribution < 1.29 is 9.90 Å². The average molecular weight is 274 g/mol. The van der Waals surface area contributed by atoms with Crippen molar-refractivity contribution in [2.24, 2.45) is 11.3 Å². The van der Waals surface area contributed by atoms with Gasteiger partial charge >= 0.3 is 6.03 Å².